The Kier molecular flexibility index (Phi) is 3.71. The Morgan fingerprint density at radius 1 is 1.44 bits per heavy atom. The van der Waals surface area contributed by atoms with Crippen LogP contribution in [0, 0.1) is 0 Å². The lowest BCUT2D eigenvalue weighted by Crippen LogP contribution is -2.39. The molecule has 1 aliphatic carbocycles. The predicted octanol–water partition coefficient (Wildman–Crippen LogP) is 2.59. The van der Waals surface area contributed by atoms with Crippen LogP contribution in [0.15, 0.2) is 28.7 Å². The van der Waals surface area contributed by atoms with E-state index in [2.05, 4.69) is 15.9 Å². The van der Waals surface area contributed by atoms with Crippen molar-refractivity contribution in [2.75, 3.05) is 0 Å². The monoisotopic (exact) mass is 311 g/mol. The van der Waals surface area contributed by atoms with Crippen molar-refractivity contribution in [3.63, 3.8) is 0 Å². The molecule has 0 heterocycles. The molecule has 1 fully saturated rings. The van der Waals surface area contributed by atoms with Crippen LogP contribution in [-0.2, 0) is 9.59 Å². The van der Waals surface area contributed by atoms with Gasteiger partial charge >= 0.3 is 5.97 Å². The van der Waals surface area contributed by atoms with Crippen LogP contribution in [0.25, 0.3) is 0 Å². The average molecular weight is 312 g/mol. The smallest absolute Gasteiger partial charge is 0.331 e. The lowest BCUT2D eigenvalue weighted by atomic mass is 10.1. The fourth-order valence-electron chi connectivity index (χ4n) is 2.10. The molecule has 96 valence electrons. The minimum Gasteiger partial charge on any atom is -0.479 e. The number of carboxylic acid groups (broad SMARTS) is 1. The lowest BCUT2D eigenvalue weighted by Gasteiger charge is -2.28. The summed E-state index contributed by atoms with van der Waals surface area (Å²) in [4.78, 5) is 24.6. The number of hydrogen-bond donors (Lipinski definition) is 1. The fourth-order valence-corrected chi connectivity index (χ4v) is 2.52. The first kappa shape index (κ1) is 13.1. The van der Waals surface area contributed by atoms with Gasteiger partial charge in [0.25, 0.3) is 0 Å². The van der Waals surface area contributed by atoms with Gasteiger partial charge in [-0.2, -0.15) is 0 Å². The van der Waals surface area contributed by atoms with Gasteiger partial charge in [-0.15, -0.1) is 0 Å². The molecule has 0 spiro atoms. The Labute approximate surface area is 114 Å². The maximum absolute atomic E-state index is 11.7. The van der Waals surface area contributed by atoms with Gasteiger partial charge in [-0.3, -0.25) is 4.79 Å². The molecule has 1 atom stereocenters. The predicted molar refractivity (Wildman–Crippen MR) is 70.1 cm³/mol. The van der Waals surface area contributed by atoms with Gasteiger partial charge in [0.15, 0.2) is 6.04 Å². The Morgan fingerprint density at radius 2 is 2.11 bits per heavy atom. The van der Waals surface area contributed by atoms with Crippen molar-refractivity contribution in [3.8, 4) is 0 Å². The fraction of sp³-hybridized carbons (Fsp3) is 0.385. The molecule has 1 aromatic rings. The number of rotatable bonds is 4. The molecule has 0 radical (unpaired) electrons. The zero-order valence-corrected chi connectivity index (χ0v) is 11.6. The van der Waals surface area contributed by atoms with Crippen LogP contribution in [-0.4, -0.2) is 27.9 Å². The molecule has 18 heavy (non-hydrogen) atoms. The van der Waals surface area contributed by atoms with Gasteiger partial charge < -0.3 is 10.0 Å². The van der Waals surface area contributed by atoms with Crippen LogP contribution >= 0.6 is 15.9 Å². The molecule has 1 unspecified atom stereocenters. The number of hydrogen-bond acceptors (Lipinski definition) is 2. The van der Waals surface area contributed by atoms with Crippen molar-refractivity contribution in [3.05, 3.63) is 34.3 Å². The van der Waals surface area contributed by atoms with Crippen molar-refractivity contribution < 1.29 is 14.7 Å². The minimum absolute atomic E-state index is 0.0718. The number of carbonyl (C=O) groups excluding carboxylic acids is 1. The Bertz CT molecular complexity index is 485. The lowest BCUT2D eigenvalue weighted by molar-refractivity contribution is -0.150. The summed E-state index contributed by atoms with van der Waals surface area (Å²) in [5, 5.41) is 9.40. The number of amides is 1. The molecule has 2 rings (SSSR count). The van der Waals surface area contributed by atoms with Crippen LogP contribution in [0.5, 0.6) is 0 Å². The molecular weight excluding hydrogens is 298 g/mol. The average Bonchev–Trinajstić information content (AvgIpc) is 3.08. The number of benzene rings is 1. The number of carboxylic acids is 1. The van der Waals surface area contributed by atoms with Crippen molar-refractivity contribution in [2.24, 2.45) is 0 Å². The number of halogens is 1. The highest BCUT2D eigenvalue weighted by Crippen LogP contribution is 2.35. The highest BCUT2D eigenvalue weighted by molar-refractivity contribution is 9.10. The van der Waals surface area contributed by atoms with E-state index in [9.17, 15) is 14.7 Å². The molecule has 0 aromatic heterocycles. The van der Waals surface area contributed by atoms with E-state index in [1.54, 1.807) is 18.2 Å². The van der Waals surface area contributed by atoms with Crippen molar-refractivity contribution in [1.82, 2.24) is 4.90 Å². The quantitative estimate of drug-likeness (QED) is 0.929. The largest absolute Gasteiger partial charge is 0.479 e. The Hall–Kier alpha value is -1.36. The second kappa shape index (κ2) is 5.10. The maximum Gasteiger partial charge on any atom is 0.331 e. The van der Waals surface area contributed by atoms with Gasteiger partial charge in [0, 0.05) is 17.4 Å². The van der Waals surface area contributed by atoms with Crippen LogP contribution in [0.4, 0.5) is 0 Å². The summed E-state index contributed by atoms with van der Waals surface area (Å²) in [6, 6.07) is 6.27. The number of aliphatic carboxylic acids is 1. The molecule has 1 N–H and O–H groups in total. The third-order valence-corrected chi connectivity index (χ3v) is 3.47. The summed E-state index contributed by atoms with van der Waals surface area (Å²) in [7, 11) is 0. The second-order valence-corrected chi connectivity index (χ2v) is 5.37. The zero-order valence-electron chi connectivity index (χ0n) is 9.97. The summed E-state index contributed by atoms with van der Waals surface area (Å²) in [5.74, 6) is -1.18. The number of nitrogens with zero attached hydrogens (tertiary/aromatic N) is 1. The second-order valence-electron chi connectivity index (χ2n) is 4.45. The van der Waals surface area contributed by atoms with Crippen LogP contribution in [0.1, 0.15) is 31.4 Å². The van der Waals surface area contributed by atoms with E-state index in [1.165, 1.54) is 11.8 Å². The van der Waals surface area contributed by atoms with Crippen LogP contribution in [0.2, 0.25) is 0 Å². The first-order chi connectivity index (χ1) is 8.50. The van der Waals surface area contributed by atoms with E-state index in [1.807, 2.05) is 6.07 Å². The van der Waals surface area contributed by atoms with E-state index in [0.717, 1.165) is 17.3 Å². The molecule has 1 aromatic carbocycles. The summed E-state index contributed by atoms with van der Waals surface area (Å²) < 4.78 is 0.811. The first-order valence-corrected chi connectivity index (χ1v) is 6.57. The van der Waals surface area contributed by atoms with Gasteiger partial charge in [-0.25, -0.2) is 4.79 Å². The molecule has 0 aliphatic heterocycles. The van der Waals surface area contributed by atoms with E-state index < -0.39 is 12.0 Å². The Balaban J connectivity index is 2.38. The third kappa shape index (κ3) is 2.72. The van der Waals surface area contributed by atoms with Gasteiger partial charge in [0.05, 0.1) is 0 Å². The topological polar surface area (TPSA) is 57.6 Å². The Morgan fingerprint density at radius 3 is 2.56 bits per heavy atom. The van der Waals surface area contributed by atoms with Gasteiger partial charge in [0.2, 0.25) is 5.91 Å². The van der Waals surface area contributed by atoms with Gasteiger partial charge in [-0.05, 0) is 30.5 Å². The van der Waals surface area contributed by atoms with E-state index in [0.29, 0.717) is 5.56 Å². The third-order valence-electron chi connectivity index (χ3n) is 2.98. The van der Waals surface area contributed by atoms with Gasteiger partial charge in [-0.1, -0.05) is 28.1 Å². The van der Waals surface area contributed by atoms with E-state index in [-0.39, 0.29) is 11.9 Å². The highest BCUT2D eigenvalue weighted by Gasteiger charge is 2.39. The summed E-state index contributed by atoms with van der Waals surface area (Å²) in [5.41, 5.74) is 0.624. The highest BCUT2D eigenvalue weighted by atomic mass is 79.9. The molecule has 1 amide bonds. The summed E-state index contributed by atoms with van der Waals surface area (Å²) in [6.07, 6.45) is 1.77. The van der Waals surface area contributed by atoms with E-state index in [4.69, 9.17) is 0 Å². The normalized spacial score (nSPS) is 16.1. The van der Waals surface area contributed by atoms with Crippen LogP contribution in [0.3, 0.4) is 0 Å². The minimum atomic E-state index is -0.991. The summed E-state index contributed by atoms with van der Waals surface area (Å²) in [6.45, 7) is 1.42. The van der Waals surface area contributed by atoms with Crippen molar-refractivity contribution in [1.29, 1.82) is 0 Å². The molecule has 0 saturated heterocycles. The zero-order chi connectivity index (χ0) is 13.3. The number of carbonyl (C=O) groups is 2. The molecule has 1 saturated carbocycles. The van der Waals surface area contributed by atoms with Crippen molar-refractivity contribution in [2.45, 2.75) is 31.8 Å². The van der Waals surface area contributed by atoms with Crippen molar-refractivity contribution >= 4 is 27.8 Å². The molecule has 5 heteroatoms. The molecular formula is C13H14BrNO3. The molecule has 4 nitrogen and oxygen atoms in total. The standard InChI is InChI=1S/C13H14BrNO3/c1-8(16)15(11-5-6-11)12(13(17)18)9-3-2-4-10(14)7-9/h2-4,7,11-12H,5-6H2,1H3,(H,17,18). The first-order valence-electron chi connectivity index (χ1n) is 5.78. The SMILES string of the molecule is CC(=O)N(C1CC1)C(C(=O)O)c1cccc(Br)c1. The van der Waals surface area contributed by atoms with E-state index >= 15 is 0 Å². The van der Waals surface area contributed by atoms with Gasteiger partial charge in [0.1, 0.15) is 0 Å². The van der Waals surface area contributed by atoms with Crippen LogP contribution < -0.4 is 0 Å². The summed E-state index contributed by atoms with van der Waals surface area (Å²) >= 11 is 3.32. The molecule has 0 bridgehead atoms. The molecule has 1 aliphatic rings. The maximum atomic E-state index is 11.7.